The SMILES string of the molecule is CCOc1ccccc1-c1ncc(/C=C/C(=O)O)[nH]1. The van der Waals surface area contributed by atoms with Gasteiger partial charge in [-0.2, -0.15) is 0 Å². The molecule has 2 aromatic rings. The van der Waals surface area contributed by atoms with Crippen LogP contribution in [0.3, 0.4) is 0 Å². The van der Waals surface area contributed by atoms with Gasteiger partial charge in [0, 0.05) is 6.08 Å². The zero-order valence-corrected chi connectivity index (χ0v) is 10.5. The van der Waals surface area contributed by atoms with Crippen LogP contribution in [0.5, 0.6) is 5.75 Å². The van der Waals surface area contributed by atoms with Gasteiger partial charge in [0.1, 0.15) is 11.6 Å². The number of imidazole rings is 1. The summed E-state index contributed by atoms with van der Waals surface area (Å²) in [7, 11) is 0. The average Bonchev–Trinajstić information content (AvgIpc) is 2.86. The van der Waals surface area contributed by atoms with Crippen LogP contribution in [0.1, 0.15) is 12.6 Å². The third-order valence-corrected chi connectivity index (χ3v) is 2.44. The standard InChI is InChI=1S/C14H14N2O3/c1-2-19-12-6-4-3-5-11(12)14-15-9-10(16-14)7-8-13(17)18/h3-9H,2H2,1H3,(H,15,16)(H,17,18)/b8-7+. The van der Waals surface area contributed by atoms with Crippen LogP contribution in [-0.2, 0) is 4.79 Å². The zero-order chi connectivity index (χ0) is 13.7. The zero-order valence-electron chi connectivity index (χ0n) is 10.5. The average molecular weight is 258 g/mol. The maximum absolute atomic E-state index is 10.4. The Balaban J connectivity index is 2.30. The van der Waals surface area contributed by atoms with E-state index < -0.39 is 5.97 Å². The first-order valence-corrected chi connectivity index (χ1v) is 5.89. The minimum atomic E-state index is -0.995. The molecule has 0 saturated heterocycles. The van der Waals surface area contributed by atoms with Crippen LogP contribution in [-0.4, -0.2) is 27.7 Å². The molecule has 2 rings (SSSR count). The molecule has 0 saturated carbocycles. The fourth-order valence-corrected chi connectivity index (χ4v) is 1.66. The van der Waals surface area contributed by atoms with Crippen LogP contribution in [0.15, 0.2) is 36.5 Å². The Bertz CT molecular complexity index is 602. The van der Waals surface area contributed by atoms with E-state index >= 15 is 0 Å². The Morgan fingerprint density at radius 1 is 1.47 bits per heavy atom. The van der Waals surface area contributed by atoms with Crippen molar-refractivity contribution in [2.45, 2.75) is 6.92 Å². The molecule has 0 atom stereocenters. The summed E-state index contributed by atoms with van der Waals surface area (Å²) in [6, 6.07) is 7.55. The second-order valence-electron chi connectivity index (χ2n) is 3.79. The summed E-state index contributed by atoms with van der Waals surface area (Å²) in [6.45, 7) is 2.49. The van der Waals surface area contributed by atoms with Crippen molar-refractivity contribution < 1.29 is 14.6 Å². The number of hydrogen-bond donors (Lipinski definition) is 2. The van der Waals surface area contributed by atoms with E-state index in [1.807, 2.05) is 31.2 Å². The van der Waals surface area contributed by atoms with Crippen molar-refractivity contribution in [2.75, 3.05) is 6.61 Å². The highest BCUT2D eigenvalue weighted by Gasteiger charge is 2.08. The molecule has 0 bridgehead atoms. The van der Waals surface area contributed by atoms with E-state index in [2.05, 4.69) is 9.97 Å². The number of aromatic nitrogens is 2. The van der Waals surface area contributed by atoms with Crippen molar-refractivity contribution in [3.63, 3.8) is 0 Å². The fourth-order valence-electron chi connectivity index (χ4n) is 1.66. The van der Waals surface area contributed by atoms with E-state index in [9.17, 15) is 4.79 Å². The van der Waals surface area contributed by atoms with Gasteiger partial charge in [0.05, 0.1) is 24.1 Å². The topological polar surface area (TPSA) is 75.2 Å². The molecule has 0 fully saturated rings. The lowest BCUT2D eigenvalue weighted by Gasteiger charge is -2.07. The largest absolute Gasteiger partial charge is 0.493 e. The number of aliphatic carboxylic acids is 1. The van der Waals surface area contributed by atoms with E-state index in [0.29, 0.717) is 18.1 Å². The number of H-pyrrole nitrogens is 1. The number of nitrogens with zero attached hydrogens (tertiary/aromatic N) is 1. The number of rotatable bonds is 5. The molecule has 0 unspecified atom stereocenters. The van der Waals surface area contributed by atoms with E-state index in [0.717, 1.165) is 17.4 Å². The summed E-state index contributed by atoms with van der Waals surface area (Å²) in [5, 5.41) is 8.57. The molecule has 0 spiro atoms. The van der Waals surface area contributed by atoms with Crippen LogP contribution in [0.25, 0.3) is 17.5 Å². The Labute approximate surface area is 110 Å². The molecule has 2 N–H and O–H groups in total. The third-order valence-electron chi connectivity index (χ3n) is 2.44. The molecule has 0 aliphatic rings. The van der Waals surface area contributed by atoms with Crippen LogP contribution in [0.2, 0.25) is 0 Å². The summed E-state index contributed by atoms with van der Waals surface area (Å²) in [5.41, 5.74) is 1.48. The Hall–Kier alpha value is -2.56. The second kappa shape index (κ2) is 5.86. The number of hydrogen-bond acceptors (Lipinski definition) is 3. The smallest absolute Gasteiger partial charge is 0.328 e. The first-order chi connectivity index (χ1) is 9.20. The molecular formula is C14H14N2O3. The number of para-hydroxylation sites is 1. The molecule has 19 heavy (non-hydrogen) atoms. The molecule has 98 valence electrons. The Morgan fingerprint density at radius 3 is 3.00 bits per heavy atom. The van der Waals surface area contributed by atoms with E-state index in [-0.39, 0.29) is 0 Å². The summed E-state index contributed by atoms with van der Waals surface area (Å²) < 4.78 is 5.53. The maximum atomic E-state index is 10.4. The lowest BCUT2D eigenvalue weighted by molar-refractivity contribution is -0.131. The van der Waals surface area contributed by atoms with Gasteiger partial charge in [0.2, 0.25) is 0 Å². The van der Waals surface area contributed by atoms with Crippen LogP contribution < -0.4 is 4.74 Å². The molecule has 1 aromatic carbocycles. The first kappa shape index (κ1) is 12.9. The molecule has 5 nitrogen and oxygen atoms in total. The molecule has 0 aliphatic carbocycles. The quantitative estimate of drug-likeness (QED) is 0.808. The maximum Gasteiger partial charge on any atom is 0.328 e. The Morgan fingerprint density at radius 2 is 2.26 bits per heavy atom. The Kier molecular flexibility index (Phi) is 3.97. The van der Waals surface area contributed by atoms with Gasteiger partial charge in [-0.3, -0.25) is 0 Å². The van der Waals surface area contributed by atoms with Crippen molar-refractivity contribution in [3.8, 4) is 17.1 Å². The van der Waals surface area contributed by atoms with Crippen molar-refractivity contribution in [3.05, 3.63) is 42.2 Å². The number of carboxylic acid groups (broad SMARTS) is 1. The van der Waals surface area contributed by atoms with E-state index in [1.165, 1.54) is 6.08 Å². The molecule has 0 aliphatic heterocycles. The predicted molar refractivity (Wildman–Crippen MR) is 71.9 cm³/mol. The van der Waals surface area contributed by atoms with Gasteiger partial charge < -0.3 is 14.8 Å². The molecule has 1 aromatic heterocycles. The number of ether oxygens (including phenoxy) is 1. The van der Waals surface area contributed by atoms with Gasteiger partial charge in [-0.1, -0.05) is 12.1 Å². The number of nitrogens with one attached hydrogen (secondary N) is 1. The summed E-state index contributed by atoms with van der Waals surface area (Å²) in [6.07, 6.45) is 4.10. The van der Waals surface area contributed by atoms with Gasteiger partial charge >= 0.3 is 5.97 Å². The van der Waals surface area contributed by atoms with E-state index in [4.69, 9.17) is 9.84 Å². The summed E-state index contributed by atoms with van der Waals surface area (Å²) >= 11 is 0. The number of carbonyl (C=O) groups is 1. The second-order valence-corrected chi connectivity index (χ2v) is 3.79. The van der Waals surface area contributed by atoms with Crippen LogP contribution in [0.4, 0.5) is 0 Å². The van der Waals surface area contributed by atoms with Crippen molar-refractivity contribution in [1.82, 2.24) is 9.97 Å². The molecule has 5 heteroatoms. The monoisotopic (exact) mass is 258 g/mol. The minimum Gasteiger partial charge on any atom is -0.493 e. The summed E-state index contributed by atoms with van der Waals surface area (Å²) in [4.78, 5) is 17.7. The van der Waals surface area contributed by atoms with Crippen molar-refractivity contribution in [1.29, 1.82) is 0 Å². The van der Waals surface area contributed by atoms with Crippen LogP contribution >= 0.6 is 0 Å². The van der Waals surface area contributed by atoms with Gasteiger partial charge in [0.15, 0.2) is 0 Å². The van der Waals surface area contributed by atoms with Gasteiger partial charge in [-0.25, -0.2) is 9.78 Å². The fraction of sp³-hybridized carbons (Fsp3) is 0.143. The van der Waals surface area contributed by atoms with Crippen molar-refractivity contribution in [2.24, 2.45) is 0 Å². The molecule has 1 heterocycles. The molecule has 0 amide bonds. The van der Waals surface area contributed by atoms with Gasteiger partial charge in [-0.05, 0) is 25.1 Å². The van der Waals surface area contributed by atoms with Crippen LogP contribution in [0, 0.1) is 0 Å². The minimum absolute atomic E-state index is 0.573. The van der Waals surface area contributed by atoms with Gasteiger partial charge in [-0.15, -0.1) is 0 Å². The van der Waals surface area contributed by atoms with Gasteiger partial charge in [0.25, 0.3) is 0 Å². The first-order valence-electron chi connectivity index (χ1n) is 5.89. The highest BCUT2D eigenvalue weighted by molar-refractivity contribution is 5.85. The van der Waals surface area contributed by atoms with Crippen molar-refractivity contribution >= 4 is 12.0 Å². The third kappa shape index (κ3) is 3.22. The number of carboxylic acids is 1. The van der Waals surface area contributed by atoms with E-state index in [1.54, 1.807) is 6.20 Å². The summed E-state index contributed by atoms with van der Waals surface area (Å²) in [5.74, 6) is 0.396. The highest BCUT2D eigenvalue weighted by atomic mass is 16.5. The normalized spacial score (nSPS) is 10.8. The molecular weight excluding hydrogens is 244 g/mol. The highest BCUT2D eigenvalue weighted by Crippen LogP contribution is 2.27. The number of aromatic amines is 1. The molecule has 0 radical (unpaired) electrons. The predicted octanol–water partition coefficient (Wildman–Crippen LogP) is 2.57. The lowest BCUT2D eigenvalue weighted by atomic mass is 10.2. The number of benzene rings is 1. The lowest BCUT2D eigenvalue weighted by Crippen LogP contribution is -1.94.